The quantitative estimate of drug-likeness (QED) is 0.592. The maximum atomic E-state index is 12.9. The third-order valence-corrected chi connectivity index (χ3v) is 2.58. The smallest absolute Gasteiger partial charge is 0.123 e. The highest BCUT2D eigenvalue weighted by molar-refractivity contribution is 5.90. The molecule has 0 aliphatic heterocycles. The van der Waals surface area contributed by atoms with Gasteiger partial charge in [0, 0.05) is 5.56 Å². The fourth-order valence-electron chi connectivity index (χ4n) is 1.71. The molecule has 2 nitrogen and oxygen atoms in total. The number of hydrogen-bond acceptors (Lipinski definition) is 2. The van der Waals surface area contributed by atoms with Crippen molar-refractivity contribution in [1.82, 2.24) is 0 Å². The van der Waals surface area contributed by atoms with Gasteiger partial charge in [-0.2, -0.15) is 0 Å². The number of benzene rings is 2. The summed E-state index contributed by atoms with van der Waals surface area (Å²) in [6.45, 7) is 3.84. The van der Waals surface area contributed by atoms with Crippen LogP contribution in [-0.4, -0.2) is 12.3 Å². The molecule has 0 radical (unpaired) electrons. The summed E-state index contributed by atoms with van der Waals surface area (Å²) in [5, 5.41) is 3.95. The second kappa shape index (κ2) is 6.14. The molecule has 0 unspecified atom stereocenters. The third-order valence-electron chi connectivity index (χ3n) is 2.58. The van der Waals surface area contributed by atoms with E-state index in [-0.39, 0.29) is 11.9 Å². The molecule has 0 aliphatic carbocycles. The van der Waals surface area contributed by atoms with Crippen molar-refractivity contribution in [2.75, 3.05) is 0 Å². The summed E-state index contributed by atoms with van der Waals surface area (Å²) in [5.74, 6) is -0.238. The van der Waals surface area contributed by atoms with Crippen LogP contribution in [0.2, 0.25) is 0 Å². The van der Waals surface area contributed by atoms with Crippen molar-refractivity contribution in [2.24, 2.45) is 5.16 Å². The Labute approximate surface area is 112 Å². The minimum absolute atomic E-state index is 0.0502. The fourth-order valence-corrected chi connectivity index (χ4v) is 1.71. The zero-order valence-corrected chi connectivity index (χ0v) is 11.0. The van der Waals surface area contributed by atoms with Gasteiger partial charge in [0.05, 0.1) is 6.21 Å². The van der Waals surface area contributed by atoms with Crippen molar-refractivity contribution in [1.29, 1.82) is 0 Å². The van der Waals surface area contributed by atoms with E-state index >= 15 is 0 Å². The molecule has 0 heterocycles. The first-order valence-corrected chi connectivity index (χ1v) is 6.21. The van der Waals surface area contributed by atoms with E-state index in [0.29, 0.717) is 0 Å². The maximum absolute atomic E-state index is 12.9. The summed E-state index contributed by atoms with van der Waals surface area (Å²) in [6, 6.07) is 14.2. The van der Waals surface area contributed by atoms with E-state index in [0.717, 1.165) is 16.7 Å². The molecule has 0 spiro atoms. The van der Waals surface area contributed by atoms with Crippen LogP contribution in [0.25, 0.3) is 11.1 Å². The lowest BCUT2D eigenvalue weighted by molar-refractivity contribution is 0.0874. The molecule has 0 bridgehead atoms. The van der Waals surface area contributed by atoms with Gasteiger partial charge in [-0.15, -0.1) is 0 Å². The molecule has 3 heteroatoms. The average molecular weight is 257 g/mol. The van der Waals surface area contributed by atoms with E-state index in [2.05, 4.69) is 5.16 Å². The molecule has 0 N–H and O–H groups in total. The molecule has 0 fully saturated rings. The highest BCUT2D eigenvalue weighted by Crippen LogP contribution is 2.22. The summed E-state index contributed by atoms with van der Waals surface area (Å²) in [5.41, 5.74) is 2.89. The Bertz CT molecular complexity index is 561. The molecule has 2 aromatic carbocycles. The molecule has 0 saturated heterocycles. The van der Waals surface area contributed by atoms with Gasteiger partial charge in [0.25, 0.3) is 0 Å². The SMILES string of the molecule is CC(C)O/N=C/c1ccccc1-c1ccc(F)cc1. The van der Waals surface area contributed by atoms with Gasteiger partial charge in [-0.05, 0) is 37.1 Å². The van der Waals surface area contributed by atoms with Crippen LogP contribution >= 0.6 is 0 Å². The summed E-state index contributed by atoms with van der Waals surface area (Å²) >= 11 is 0. The zero-order chi connectivity index (χ0) is 13.7. The zero-order valence-electron chi connectivity index (χ0n) is 11.0. The standard InChI is InChI=1S/C16H16FNO/c1-12(2)19-18-11-14-5-3-4-6-16(14)13-7-9-15(17)10-8-13/h3-12H,1-2H3/b18-11+. The van der Waals surface area contributed by atoms with Gasteiger partial charge in [-0.1, -0.05) is 41.6 Å². The van der Waals surface area contributed by atoms with Gasteiger partial charge in [-0.3, -0.25) is 0 Å². The van der Waals surface area contributed by atoms with E-state index in [4.69, 9.17) is 4.84 Å². The predicted octanol–water partition coefficient (Wildman–Crippen LogP) is 4.25. The van der Waals surface area contributed by atoms with Gasteiger partial charge in [0.1, 0.15) is 11.9 Å². The summed E-state index contributed by atoms with van der Waals surface area (Å²) in [4.78, 5) is 5.17. The number of oxime groups is 1. The Kier molecular flexibility index (Phi) is 4.29. The van der Waals surface area contributed by atoms with Crippen LogP contribution in [0.4, 0.5) is 4.39 Å². The van der Waals surface area contributed by atoms with Gasteiger partial charge in [0.2, 0.25) is 0 Å². The summed E-state index contributed by atoms with van der Waals surface area (Å²) in [6.07, 6.45) is 1.73. The average Bonchev–Trinajstić information content (AvgIpc) is 2.40. The Balaban J connectivity index is 2.30. The molecular weight excluding hydrogens is 241 g/mol. The molecule has 0 atom stereocenters. The van der Waals surface area contributed by atoms with E-state index in [1.165, 1.54) is 12.1 Å². The normalized spacial score (nSPS) is 11.2. The molecule has 0 amide bonds. The van der Waals surface area contributed by atoms with Crippen LogP contribution in [0.1, 0.15) is 19.4 Å². The minimum Gasteiger partial charge on any atom is -0.393 e. The van der Waals surface area contributed by atoms with Crippen LogP contribution in [0.3, 0.4) is 0 Å². The lowest BCUT2D eigenvalue weighted by atomic mass is 10.0. The first kappa shape index (κ1) is 13.3. The Morgan fingerprint density at radius 2 is 1.74 bits per heavy atom. The maximum Gasteiger partial charge on any atom is 0.123 e. The molecule has 0 aromatic heterocycles. The van der Waals surface area contributed by atoms with Crippen molar-refractivity contribution < 1.29 is 9.23 Å². The summed E-state index contributed by atoms with van der Waals surface area (Å²) in [7, 11) is 0. The van der Waals surface area contributed by atoms with Gasteiger partial charge in [0.15, 0.2) is 0 Å². The van der Waals surface area contributed by atoms with E-state index < -0.39 is 0 Å². The largest absolute Gasteiger partial charge is 0.393 e. The summed E-state index contributed by atoms with van der Waals surface area (Å²) < 4.78 is 12.9. The minimum atomic E-state index is -0.238. The fraction of sp³-hybridized carbons (Fsp3) is 0.188. The topological polar surface area (TPSA) is 21.6 Å². The molecule has 2 aromatic rings. The molecule has 0 aliphatic rings. The lowest BCUT2D eigenvalue weighted by Gasteiger charge is -2.06. The van der Waals surface area contributed by atoms with Gasteiger partial charge >= 0.3 is 0 Å². The van der Waals surface area contributed by atoms with E-state index in [1.807, 2.05) is 38.1 Å². The molecule has 0 saturated carbocycles. The molecule has 2 rings (SSSR count). The van der Waals surface area contributed by atoms with Gasteiger partial charge < -0.3 is 4.84 Å². The van der Waals surface area contributed by atoms with Crippen molar-refractivity contribution >= 4 is 6.21 Å². The highest BCUT2D eigenvalue weighted by atomic mass is 19.1. The Hall–Kier alpha value is -2.16. The lowest BCUT2D eigenvalue weighted by Crippen LogP contribution is -1.96. The van der Waals surface area contributed by atoms with Crippen molar-refractivity contribution in [3.63, 3.8) is 0 Å². The number of halogens is 1. The van der Waals surface area contributed by atoms with Gasteiger partial charge in [-0.25, -0.2) is 4.39 Å². The van der Waals surface area contributed by atoms with Crippen molar-refractivity contribution in [3.8, 4) is 11.1 Å². The number of rotatable bonds is 4. The van der Waals surface area contributed by atoms with Crippen LogP contribution in [0, 0.1) is 5.82 Å². The predicted molar refractivity (Wildman–Crippen MR) is 75.7 cm³/mol. The van der Waals surface area contributed by atoms with Crippen LogP contribution < -0.4 is 0 Å². The Morgan fingerprint density at radius 1 is 1.05 bits per heavy atom. The van der Waals surface area contributed by atoms with Crippen molar-refractivity contribution in [2.45, 2.75) is 20.0 Å². The number of nitrogens with zero attached hydrogens (tertiary/aromatic N) is 1. The van der Waals surface area contributed by atoms with Crippen molar-refractivity contribution in [3.05, 3.63) is 59.9 Å². The first-order chi connectivity index (χ1) is 9.16. The van der Waals surface area contributed by atoms with E-state index in [1.54, 1.807) is 18.3 Å². The van der Waals surface area contributed by atoms with Crippen LogP contribution in [0.5, 0.6) is 0 Å². The highest BCUT2D eigenvalue weighted by Gasteiger charge is 2.03. The van der Waals surface area contributed by atoms with E-state index in [9.17, 15) is 4.39 Å². The third kappa shape index (κ3) is 3.65. The molecular formula is C16H16FNO. The first-order valence-electron chi connectivity index (χ1n) is 6.21. The monoisotopic (exact) mass is 257 g/mol. The molecule has 98 valence electrons. The second-order valence-corrected chi connectivity index (χ2v) is 4.48. The van der Waals surface area contributed by atoms with Crippen LogP contribution in [-0.2, 0) is 4.84 Å². The Morgan fingerprint density at radius 3 is 2.42 bits per heavy atom. The molecule has 19 heavy (non-hydrogen) atoms. The second-order valence-electron chi connectivity index (χ2n) is 4.48. The number of hydrogen-bond donors (Lipinski definition) is 0. The van der Waals surface area contributed by atoms with Crippen LogP contribution in [0.15, 0.2) is 53.7 Å².